The third-order valence-corrected chi connectivity index (χ3v) is 5.83. The van der Waals surface area contributed by atoms with Gasteiger partial charge in [0.2, 0.25) is 10.0 Å². The minimum absolute atomic E-state index is 0.203. The van der Waals surface area contributed by atoms with Crippen molar-refractivity contribution >= 4 is 10.0 Å². The summed E-state index contributed by atoms with van der Waals surface area (Å²) in [5, 5.41) is 0. The highest BCUT2D eigenvalue weighted by Gasteiger charge is 2.30. The van der Waals surface area contributed by atoms with Crippen LogP contribution in [0, 0.1) is 17.6 Å². The lowest BCUT2D eigenvalue weighted by Crippen LogP contribution is -2.33. The third kappa shape index (κ3) is 4.61. The maximum atomic E-state index is 13.3. The van der Waals surface area contributed by atoms with Gasteiger partial charge in [0.1, 0.15) is 11.6 Å². The normalized spacial score (nSPS) is 15.0. The molecule has 0 heterocycles. The molecular weight excluding hydrogens is 332 g/mol. The zero-order valence-corrected chi connectivity index (χ0v) is 14.0. The molecule has 0 N–H and O–H groups in total. The lowest BCUT2D eigenvalue weighted by Gasteiger charge is -2.22. The van der Waals surface area contributed by atoms with E-state index in [2.05, 4.69) is 0 Å². The molecule has 6 heteroatoms. The van der Waals surface area contributed by atoms with Gasteiger partial charge in [-0.2, -0.15) is 4.31 Å². The molecule has 0 amide bonds. The van der Waals surface area contributed by atoms with Gasteiger partial charge < -0.3 is 0 Å². The van der Waals surface area contributed by atoms with Crippen molar-refractivity contribution in [2.75, 3.05) is 6.54 Å². The van der Waals surface area contributed by atoms with Gasteiger partial charge in [-0.3, -0.25) is 0 Å². The van der Waals surface area contributed by atoms with Crippen LogP contribution in [-0.4, -0.2) is 19.3 Å². The molecule has 24 heavy (non-hydrogen) atoms. The summed E-state index contributed by atoms with van der Waals surface area (Å²) in [6.45, 7) is 0.656. The SMILES string of the molecule is O=S(=O)(Cc1cccc(F)c1)N(Cc1ccc(F)cc1)CC1CC1. The highest BCUT2D eigenvalue weighted by atomic mass is 32.2. The molecule has 0 unspecified atom stereocenters. The van der Waals surface area contributed by atoms with Crippen LogP contribution in [0.4, 0.5) is 8.78 Å². The van der Waals surface area contributed by atoms with Crippen LogP contribution in [0.3, 0.4) is 0 Å². The predicted molar refractivity (Wildman–Crippen MR) is 88.6 cm³/mol. The first-order valence-electron chi connectivity index (χ1n) is 7.89. The number of halogens is 2. The van der Waals surface area contributed by atoms with Crippen LogP contribution in [0.25, 0.3) is 0 Å². The van der Waals surface area contributed by atoms with Gasteiger partial charge in [-0.25, -0.2) is 17.2 Å². The average Bonchev–Trinajstić information content (AvgIpc) is 3.32. The lowest BCUT2D eigenvalue weighted by atomic mass is 10.2. The quantitative estimate of drug-likeness (QED) is 0.763. The molecule has 2 aromatic rings. The van der Waals surface area contributed by atoms with E-state index in [1.54, 1.807) is 18.2 Å². The molecule has 3 rings (SSSR count). The van der Waals surface area contributed by atoms with Gasteiger partial charge in [0, 0.05) is 13.1 Å². The highest BCUT2D eigenvalue weighted by Crippen LogP contribution is 2.31. The molecule has 1 fully saturated rings. The van der Waals surface area contributed by atoms with Crippen LogP contribution in [0.15, 0.2) is 48.5 Å². The maximum absolute atomic E-state index is 13.3. The van der Waals surface area contributed by atoms with Crippen molar-refractivity contribution in [2.45, 2.75) is 25.1 Å². The highest BCUT2D eigenvalue weighted by molar-refractivity contribution is 7.88. The summed E-state index contributed by atoms with van der Waals surface area (Å²) in [7, 11) is -3.58. The van der Waals surface area contributed by atoms with Crippen molar-refractivity contribution in [3.05, 3.63) is 71.3 Å². The first-order chi connectivity index (χ1) is 11.4. The minimum atomic E-state index is -3.58. The van der Waals surface area contributed by atoms with Crippen LogP contribution in [-0.2, 0) is 22.3 Å². The molecule has 0 saturated heterocycles. The molecule has 0 atom stereocenters. The van der Waals surface area contributed by atoms with Crippen molar-refractivity contribution in [1.29, 1.82) is 0 Å². The Labute approximate surface area is 141 Å². The fraction of sp³-hybridized carbons (Fsp3) is 0.333. The molecule has 2 aromatic carbocycles. The second-order valence-corrected chi connectivity index (χ2v) is 8.22. The van der Waals surface area contributed by atoms with Gasteiger partial charge in [-0.05, 0) is 54.2 Å². The largest absolute Gasteiger partial charge is 0.218 e. The number of sulfonamides is 1. The van der Waals surface area contributed by atoms with E-state index in [9.17, 15) is 17.2 Å². The number of nitrogens with zero attached hydrogens (tertiary/aromatic N) is 1. The first kappa shape index (κ1) is 17.0. The van der Waals surface area contributed by atoms with E-state index < -0.39 is 15.8 Å². The Morgan fingerprint density at radius 1 is 0.958 bits per heavy atom. The summed E-state index contributed by atoms with van der Waals surface area (Å²) in [4.78, 5) is 0. The number of hydrogen-bond donors (Lipinski definition) is 0. The van der Waals surface area contributed by atoms with Crippen LogP contribution in [0.5, 0.6) is 0 Å². The fourth-order valence-electron chi connectivity index (χ4n) is 2.59. The van der Waals surface area contributed by atoms with E-state index in [0.29, 0.717) is 18.0 Å². The Bertz CT molecular complexity index is 802. The van der Waals surface area contributed by atoms with Crippen LogP contribution >= 0.6 is 0 Å². The standard InChI is InChI=1S/C18H19F2NO2S/c19-17-8-6-15(7-9-17)12-21(11-14-4-5-14)24(22,23)13-16-2-1-3-18(20)10-16/h1-3,6-10,14H,4-5,11-13H2. The zero-order valence-electron chi connectivity index (χ0n) is 13.2. The van der Waals surface area contributed by atoms with Crippen LogP contribution < -0.4 is 0 Å². The van der Waals surface area contributed by atoms with Gasteiger partial charge in [0.15, 0.2) is 0 Å². The van der Waals surface area contributed by atoms with Gasteiger partial charge in [-0.15, -0.1) is 0 Å². The number of rotatable bonds is 7. The Balaban J connectivity index is 1.79. The molecule has 0 bridgehead atoms. The molecule has 1 aliphatic rings. The van der Waals surface area contributed by atoms with Gasteiger partial charge >= 0.3 is 0 Å². The Kier molecular flexibility index (Phi) is 4.96. The maximum Gasteiger partial charge on any atom is 0.218 e. The number of hydrogen-bond acceptors (Lipinski definition) is 2. The Morgan fingerprint density at radius 2 is 1.67 bits per heavy atom. The van der Waals surface area contributed by atoms with Crippen molar-refractivity contribution in [2.24, 2.45) is 5.92 Å². The van der Waals surface area contributed by atoms with Crippen LogP contribution in [0.2, 0.25) is 0 Å². The van der Waals surface area contributed by atoms with Crippen LogP contribution in [0.1, 0.15) is 24.0 Å². The molecule has 0 aromatic heterocycles. The first-order valence-corrected chi connectivity index (χ1v) is 9.50. The summed E-state index contributed by atoms with van der Waals surface area (Å²) >= 11 is 0. The second-order valence-electron chi connectivity index (χ2n) is 6.25. The summed E-state index contributed by atoms with van der Waals surface area (Å²) in [5.41, 5.74) is 1.16. The Hall–Kier alpha value is -1.79. The monoisotopic (exact) mass is 351 g/mol. The molecule has 3 nitrogen and oxygen atoms in total. The summed E-state index contributed by atoms with van der Waals surface area (Å²) in [5.74, 6) is -0.656. The van der Waals surface area contributed by atoms with Gasteiger partial charge in [0.05, 0.1) is 5.75 Å². The van der Waals surface area contributed by atoms with E-state index in [1.165, 1.54) is 34.6 Å². The smallest absolute Gasteiger partial charge is 0.212 e. The van der Waals surface area contributed by atoms with E-state index in [0.717, 1.165) is 18.4 Å². The van der Waals surface area contributed by atoms with E-state index in [4.69, 9.17) is 0 Å². The summed E-state index contributed by atoms with van der Waals surface area (Å²) < 4.78 is 53.3. The van der Waals surface area contributed by atoms with Crippen molar-refractivity contribution in [3.63, 3.8) is 0 Å². The molecule has 0 aliphatic heterocycles. The molecule has 0 radical (unpaired) electrons. The third-order valence-electron chi connectivity index (χ3n) is 4.06. The van der Waals surface area contributed by atoms with Crippen molar-refractivity contribution < 1.29 is 17.2 Å². The zero-order chi connectivity index (χ0) is 17.2. The minimum Gasteiger partial charge on any atom is -0.212 e. The van der Waals surface area contributed by atoms with E-state index in [-0.39, 0.29) is 18.1 Å². The molecule has 128 valence electrons. The molecular formula is C18H19F2NO2S. The summed E-state index contributed by atoms with van der Waals surface area (Å²) in [6, 6.07) is 11.5. The predicted octanol–water partition coefficient (Wildman–Crippen LogP) is 3.71. The topological polar surface area (TPSA) is 37.4 Å². The van der Waals surface area contributed by atoms with Gasteiger partial charge in [-0.1, -0.05) is 24.3 Å². The van der Waals surface area contributed by atoms with Gasteiger partial charge in [0.25, 0.3) is 0 Å². The molecule has 0 spiro atoms. The van der Waals surface area contributed by atoms with Crippen molar-refractivity contribution in [3.8, 4) is 0 Å². The van der Waals surface area contributed by atoms with Crippen molar-refractivity contribution in [1.82, 2.24) is 4.31 Å². The Morgan fingerprint density at radius 3 is 2.29 bits per heavy atom. The number of benzene rings is 2. The lowest BCUT2D eigenvalue weighted by molar-refractivity contribution is 0.390. The summed E-state index contributed by atoms with van der Waals surface area (Å²) in [6.07, 6.45) is 2.05. The molecule has 1 saturated carbocycles. The average molecular weight is 351 g/mol. The second kappa shape index (κ2) is 6.99. The van der Waals surface area contributed by atoms with E-state index >= 15 is 0 Å². The van der Waals surface area contributed by atoms with E-state index in [1.807, 2.05) is 0 Å². The molecule has 1 aliphatic carbocycles. The fourth-order valence-corrected chi connectivity index (χ4v) is 4.15.